The van der Waals surface area contributed by atoms with Gasteiger partial charge in [0.2, 0.25) is 0 Å². The number of hydrogen-bond acceptors (Lipinski definition) is 3. The Morgan fingerprint density at radius 2 is 2.06 bits per heavy atom. The van der Waals surface area contributed by atoms with E-state index in [0.29, 0.717) is 6.42 Å². The number of benzene rings is 1. The second-order valence-corrected chi connectivity index (χ2v) is 4.12. The zero-order valence-corrected chi connectivity index (χ0v) is 10.7. The van der Waals surface area contributed by atoms with Crippen LogP contribution >= 0.6 is 0 Å². The number of methoxy groups -OCH3 is 1. The molecule has 0 aliphatic rings. The number of Topliss-reactive ketones (excluding diaryl/α,β-unsaturated/α-hetero) is 1. The van der Waals surface area contributed by atoms with Gasteiger partial charge in [0.05, 0.1) is 7.11 Å². The van der Waals surface area contributed by atoms with E-state index in [1.165, 1.54) is 5.56 Å². The van der Waals surface area contributed by atoms with Gasteiger partial charge in [0.15, 0.2) is 0 Å². The average molecular weight is 235 g/mol. The van der Waals surface area contributed by atoms with Gasteiger partial charge in [0.1, 0.15) is 11.5 Å². The first-order chi connectivity index (χ1) is 8.24. The quantitative estimate of drug-likeness (QED) is 0.702. The Balaban J connectivity index is 2.19. The molecule has 3 heteroatoms. The Bertz CT molecular complexity index is 350. The molecule has 0 aliphatic heterocycles. The molecule has 0 aliphatic carbocycles. The zero-order chi connectivity index (χ0) is 12.5. The van der Waals surface area contributed by atoms with Crippen LogP contribution in [0.15, 0.2) is 24.3 Å². The van der Waals surface area contributed by atoms with Crippen LogP contribution in [0.5, 0.6) is 5.75 Å². The molecule has 0 fully saturated rings. The molecule has 0 heterocycles. The van der Waals surface area contributed by atoms with Crippen molar-refractivity contribution in [2.75, 3.05) is 20.2 Å². The summed E-state index contributed by atoms with van der Waals surface area (Å²) in [6, 6.07) is 8.05. The first-order valence-corrected chi connectivity index (χ1v) is 6.06. The van der Waals surface area contributed by atoms with Crippen LogP contribution in [-0.2, 0) is 11.2 Å². The molecule has 0 amide bonds. The van der Waals surface area contributed by atoms with E-state index < -0.39 is 0 Å². The molecule has 1 aromatic rings. The highest BCUT2D eigenvalue weighted by Crippen LogP contribution is 2.17. The maximum atomic E-state index is 10.7. The lowest BCUT2D eigenvalue weighted by molar-refractivity contribution is -0.117. The molecule has 0 radical (unpaired) electrons. The second-order valence-electron chi connectivity index (χ2n) is 4.12. The first-order valence-electron chi connectivity index (χ1n) is 6.06. The molecule has 1 aromatic carbocycles. The van der Waals surface area contributed by atoms with Crippen LogP contribution in [0.4, 0.5) is 0 Å². The molecule has 0 atom stereocenters. The van der Waals surface area contributed by atoms with Gasteiger partial charge in [-0.15, -0.1) is 0 Å². The number of nitrogens with one attached hydrogen (secondary N) is 1. The molecule has 0 unspecified atom stereocenters. The van der Waals surface area contributed by atoms with Crippen molar-refractivity contribution in [2.45, 2.75) is 26.2 Å². The number of para-hydroxylation sites is 1. The van der Waals surface area contributed by atoms with Crippen molar-refractivity contribution < 1.29 is 9.53 Å². The Morgan fingerprint density at radius 3 is 2.76 bits per heavy atom. The Kier molecular flexibility index (Phi) is 6.33. The number of carbonyl (C=O) groups is 1. The summed E-state index contributed by atoms with van der Waals surface area (Å²) in [5, 5.41) is 3.33. The van der Waals surface area contributed by atoms with Gasteiger partial charge in [-0.05, 0) is 44.5 Å². The lowest BCUT2D eigenvalue weighted by Gasteiger charge is -2.08. The van der Waals surface area contributed by atoms with E-state index in [2.05, 4.69) is 11.4 Å². The molecule has 0 aromatic heterocycles. The van der Waals surface area contributed by atoms with Crippen LogP contribution in [0.2, 0.25) is 0 Å². The van der Waals surface area contributed by atoms with Crippen LogP contribution in [0, 0.1) is 0 Å². The third-order valence-electron chi connectivity index (χ3n) is 2.65. The van der Waals surface area contributed by atoms with Gasteiger partial charge in [0.25, 0.3) is 0 Å². The molecule has 1 N–H and O–H groups in total. The van der Waals surface area contributed by atoms with Crippen molar-refractivity contribution in [3.63, 3.8) is 0 Å². The lowest BCUT2D eigenvalue weighted by Crippen LogP contribution is -2.19. The molecular weight excluding hydrogens is 214 g/mol. The SMILES string of the molecule is COc1ccccc1CCNCCCC(C)=O. The van der Waals surface area contributed by atoms with Crippen LogP contribution in [0.25, 0.3) is 0 Å². The minimum Gasteiger partial charge on any atom is -0.496 e. The van der Waals surface area contributed by atoms with Crippen molar-refractivity contribution in [3.05, 3.63) is 29.8 Å². The Morgan fingerprint density at radius 1 is 1.29 bits per heavy atom. The highest BCUT2D eigenvalue weighted by molar-refractivity contribution is 5.75. The van der Waals surface area contributed by atoms with E-state index in [1.807, 2.05) is 18.2 Å². The van der Waals surface area contributed by atoms with Crippen LogP contribution in [0.1, 0.15) is 25.3 Å². The monoisotopic (exact) mass is 235 g/mol. The third-order valence-corrected chi connectivity index (χ3v) is 2.65. The Hall–Kier alpha value is -1.35. The number of ketones is 1. The van der Waals surface area contributed by atoms with Crippen LogP contribution in [-0.4, -0.2) is 26.0 Å². The number of hydrogen-bond donors (Lipinski definition) is 1. The molecule has 0 bridgehead atoms. The maximum Gasteiger partial charge on any atom is 0.129 e. The second kappa shape index (κ2) is 7.85. The molecule has 1 rings (SSSR count). The van der Waals surface area contributed by atoms with Gasteiger partial charge >= 0.3 is 0 Å². The number of rotatable bonds is 8. The maximum absolute atomic E-state index is 10.7. The van der Waals surface area contributed by atoms with Gasteiger partial charge in [-0.25, -0.2) is 0 Å². The molecule has 94 valence electrons. The summed E-state index contributed by atoms with van der Waals surface area (Å²) in [6.45, 7) is 3.45. The van der Waals surface area contributed by atoms with Gasteiger partial charge in [-0.1, -0.05) is 18.2 Å². The summed E-state index contributed by atoms with van der Waals surface area (Å²) in [7, 11) is 1.69. The van der Waals surface area contributed by atoms with Crippen molar-refractivity contribution in [1.29, 1.82) is 0 Å². The number of ether oxygens (including phenoxy) is 1. The van der Waals surface area contributed by atoms with E-state index in [0.717, 1.165) is 31.7 Å². The predicted molar refractivity (Wildman–Crippen MR) is 69.5 cm³/mol. The standard InChI is InChI=1S/C14H21NO2/c1-12(16)6-5-10-15-11-9-13-7-3-4-8-14(13)17-2/h3-4,7-8,15H,5-6,9-11H2,1-2H3. The highest BCUT2D eigenvalue weighted by Gasteiger charge is 2.00. The summed E-state index contributed by atoms with van der Waals surface area (Å²) in [5.74, 6) is 1.20. The highest BCUT2D eigenvalue weighted by atomic mass is 16.5. The molecule has 3 nitrogen and oxygen atoms in total. The molecule has 0 saturated heterocycles. The number of carbonyl (C=O) groups excluding carboxylic acids is 1. The largest absolute Gasteiger partial charge is 0.496 e. The fourth-order valence-corrected chi connectivity index (χ4v) is 1.72. The van der Waals surface area contributed by atoms with E-state index in [1.54, 1.807) is 14.0 Å². The van der Waals surface area contributed by atoms with E-state index in [-0.39, 0.29) is 5.78 Å². The van der Waals surface area contributed by atoms with Crippen molar-refractivity contribution >= 4 is 5.78 Å². The van der Waals surface area contributed by atoms with E-state index in [9.17, 15) is 4.79 Å². The lowest BCUT2D eigenvalue weighted by atomic mass is 10.1. The fourth-order valence-electron chi connectivity index (χ4n) is 1.72. The van der Waals surface area contributed by atoms with Gasteiger partial charge < -0.3 is 14.8 Å². The topological polar surface area (TPSA) is 38.3 Å². The van der Waals surface area contributed by atoms with Crippen molar-refractivity contribution in [1.82, 2.24) is 5.32 Å². The normalized spacial score (nSPS) is 10.2. The van der Waals surface area contributed by atoms with Gasteiger partial charge in [0, 0.05) is 6.42 Å². The Labute approximate surface area is 103 Å². The van der Waals surface area contributed by atoms with Gasteiger partial charge in [-0.2, -0.15) is 0 Å². The van der Waals surface area contributed by atoms with Crippen LogP contribution in [0.3, 0.4) is 0 Å². The average Bonchev–Trinajstić information content (AvgIpc) is 2.33. The summed E-state index contributed by atoms with van der Waals surface area (Å²) in [5.41, 5.74) is 1.22. The smallest absolute Gasteiger partial charge is 0.129 e. The van der Waals surface area contributed by atoms with E-state index in [4.69, 9.17) is 4.74 Å². The summed E-state index contributed by atoms with van der Waals surface area (Å²) < 4.78 is 5.28. The van der Waals surface area contributed by atoms with E-state index >= 15 is 0 Å². The minimum atomic E-state index is 0.261. The minimum absolute atomic E-state index is 0.261. The molecular formula is C14H21NO2. The molecule has 0 saturated carbocycles. The predicted octanol–water partition coefficient (Wildman–Crippen LogP) is 2.20. The van der Waals surface area contributed by atoms with Crippen molar-refractivity contribution in [3.8, 4) is 5.75 Å². The van der Waals surface area contributed by atoms with Gasteiger partial charge in [-0.3, -0.25) is 0 Å². The fraction of sp³-hybridized carbons (Fsp3) is 0.500. The summed E-state index contributed by atoms with van der Waals surface area (Å²) in [6.07, 6.45) is 2.53. The van der Waals surface area contributed by atoms with Crippen molar-refractivity contribution in [2.24, 2.45) is 0 Å². The zero-order valence-electron chi connectivity index (χ0n) is 10.7. The van der Waals surface area contributed by atoms with Crippen LogP contribution < -0.4 is 10.1 Å². The molecule has 0 spiro atoms. The molecule has 17 heavy (non-hydrogen) atoms. The third kappa shape index (κ3) is 5.50. The summed E-state index contributed by atoms with van der Waals surface area (Å²) >= 11 is 0. The summed E-state index contributed by atoms with van der Waals surface area (Å²) in [4.78, 5) is 10.7. The first kappa shape index (κ1) is 13.7.